The molecule has 1 aliphatic carbocycles. The number of aromatic nitrogens is 1. The Bertz CT molecular complexity index is 1040. The van der Waals surface area contributed by atoms with Crippen molar-refractivity contribution < 1.29 is 24.9 Å². The highest BCUT2D eigenvalue weighted by atomic mass is 35.5. The SMILES string of the molecule is C=C(NC(O)(O)O)c1cnc(NC(=O)C2CC2)cc1NC1=C(OC)/C(=C(\Cl)C=N)NC=C1. The second-order valence-electron chi connectivity index (χ2n) is 7.03. The minimum Gasteiger partial charge on any atom is -0.492 e. The van der Waals surface area contributed by atoms with Gasteiger partial charge in [0.1, 0.15) is 11.5 Å². The molecular formula is C20H23ClN6O5. The van der Waals surface area contributed by atoms with Crippen LogP contribution in [0.2, 0.25) is 0 Å². The van der Waals surface area contributed by atoms with Crippen molar-refractivity contribution in [3.63, 3.8) is 0 Å². The molecule has 1 aromatic heterocycles. The number of carbonyl (C=O) groups is 1. The number of allylic oxidation sites excluding steroid dienone is 2. The summed E-state index contributed by atoms with van der Waals surface area (Å²) in [7, 11) is 1.43. The maximum atomic E-state index is 12.1. The molecule has 11 nitrogen and oxygen atoms in total. The third kappa shape index (κ3) is 5.65. The predicted octanol–water partition coefficient (Wildman–Crippen LogP) is 1.07. The fourth-order valence-corrected chi connectivity index (χ4v) is 3.04. The highest BCUT2D eigenvalue weighted by Gasteiger charge is 2.30. The van der Waals surface area contributed by atoms with Crippen LogP contribution in [0.4, 0.5) is 11.5 Å². The number of methoxy groups -OCH3 is 1. The van der Waals surface area contributed by atoms with E-state index < -0.39 is 6.10 Å². The average molecular weight is 463 g/mol. The molecular weight excluding hydrogens is 440 g/mol. The first-order chi connectivity index (χ1) is 15.1. The molecule has 1 fully saturated rings. The first-order valence-corrected chi connectivity index (χ1v) is 9.85. The van der Waals surface area contributed by atoms with Gasteiger partial charge in [0.2, 0.25) is 5.91 Å². The summed E-state index contributed by atoms with van der Waals surface area (Å²) < 4.78 is 5.44. The van der Waals surface area contributed by atoms with Crippen LogP contribution < -0.4 is 21.3 Å². The van der Waals surface area contributed by atoms with Crippen LogP contribution in [-0.4, -0.2) is 45.6 Å². The zero-order chi connectivity index (χ0) is 23.5. The van der Waals surface area contributed by atoms with E-state index in [0.717, 1.165) is 19.1 Å². The summed E-state index contributed by atoms with van der Waals surface area (Å²) in [5.41, 5.74) is 1.32. The fourth-order valence-electron chi connectivity index (χ4n) is 2.90. The van der Waals surface area contributed by atoms with Gasteiger partial charge in [0.15, 0.2) is 5.76 Å². The molecule has 0 atom stereocenters. The Morgan fingerprint density at radius 2 is 2.16 bits per heavy atom. The van der Waals surface area contributed by atoms with Gasteiger partial charge in [-0.05, 0) is 18.9 Å². The number of ether oxygens (including phenoxy) is 1. The van der Waals surface area contributed by atoms with E-state index in [1.165, 1.54) is 19.4 Å². The van der Waals surface area contributed by atoms with E-state index in [1.54, 1.807) is 12.3 Å². The molecule has 0 aromatic carbocycles. The molecule has 1 saturated carbocycles. The molecule has 12 heteroatoms. The number of dihydropyridines is 1. The van der Waals surface area contributed by atoms with Crippen LogP contribution in [0.3, 0.4) is 0 Å². The second kappa shape index (κ2) is 9.40. The number of hydrogen-bond acceptors (Lipinski definition) is 10. The quantitative estimate of drug-likeness (QED) is 0.197. The number of halogens is 1. The number of hydrogen-bond donors (Lipinski definition) is 8. The molecule has 0 unspecified atom stereocenters. The van der Waals surface area contributed by atoms with Crippen LogP contribution in [0.25, 0.3) is 5.70 Å². The Balaban J connectivity index is 2.01. The molecule has 8 N–H and O–H groups in total. The molecule has 1 amide bonds. The smallest absolute Gasteiger partial charge is 0.367 e. The van der Waals surface area contributed by atoms with Crippen LogP contribution in [0, 0.1) is 11.3 Å². The van der Waals surface area contributed by atoms with Crippen LogP contribution >= 0.6 is 11.6 Å². The zero-order valence-electron chi connectivity index (χ0n) is 17.1. The summed E-state index contributed by atoms with van der Waals surface area (Å²) in [5.74, 6) is 0.380. The van der Waals surface area contributed by atoms with Crippen molar-refractivity contribution in [2.24, 2.45) is 5.92 Å². The van der Waals surface area contributed by atoms with Crippen LogP contribution in [0.1, 0.15) is 18.4 Å². The third-order valence-electron chi connectivity index (χ3n) is 4.54. The van der Waals surface area contributed by atoms with Crippen molar-refractivity contribution in [3.8, 4) is 0 Å². The van der Waals surface area contributed by atoms with Crippen molar-refractivity contribution in [3.05, 3.63) is 58.9 Å². The number of rotatable bonds is 9. The summed E-state index contributed by atoms with van der Waals surface area (Å²) in [6.07, 6.45) is 3.97. The summed E-state index contributed by atoms with van der Waals surface area (Å²) in [4.78, 5) is 16.3. The van der Waals surface area contributed by atoms with Crippen LogP contribution in [0.15, 0.2) is 53.3 Å². The molecule has 0 spiro atoms. The Morgan fingerprint density at radius 1 is 1.44 bits per heavy atom. The van der Waals surface area contributed by atoms with Gasteiger partial charge in [0.25, 0.3) is 0 Å². The summed E-state index contributed by atoms with van der Waals surface area (Å²) in [6, 6.07) is 1.52. The monoisotopic (exact) mass is 462 g/mol. The van der Waals surface area contributed by atoms with Gasteiger partial charge >= 0.3 is 6.10 Å². The molecule has 2 heterocycles. The molecule has 1 aromatic rings. The lowest BCUT2D eigenvalue weighted by atomic mass is 10.1. The minimum atomic E-state index is -3.20. The Hall–Kier alpha value is -3.38. The molecule has 32 heavy (non-hydrogen) atoms. The number of amides is 1. The summed E-state index contributed by atoms with van der Waals surface area (Å²) in [5, 5.41) is 46.0. The van der Waals surface area contributed by atoms with Crippen molar-refractivity contribution in [1.29, 1.82) is 5.41 Å². The minimum absolute atomic E-state index is 0.0329. The first-order valence-electron chi connectivity index (χ1n) is 9.47. The topological polar surface area (TPSA) is 172 Å². The Morgan fingerprint density at radius 3 is 2.75 bits per heavy atom. The van der Waals surface area contributed by atoms with Gasteiger partial charge in [-0.2, -0.15) is 0 Å². The van der Waals surface area contributed by atoms with Gasteiger partial charge in [-0.15, -0.1) is 0 Å². The number of anilines is 2. The lowest BCUT2D eigenvalue weighted by Gasteiger charge is -2.24. The number of nitrogens with zero attached hydrogens (tertiary/aromatic N) is 1. The standard InChI is InChI=1S/C20H23ClN6O5/c1-10(27-20(29,30)31)12-9-24-16(26-19(28)11-3-4-11)7-15(12)25-14-5-6-23-17(13(21)8-22)18(14)32-2/h5-9,11,22-23,27,29-31H,1,3-4H2,2H3,(H2,24,25,26,28)/b17-13+,22-8?. The molecule has 170 valence electrons. The fraction of sp³-hybridized carbons (Fsp3) is 0.250. The first kappa shape index (κ1) is 23.3. The number of pyridine rings is 1. The van der Waals surface area contributed by atoms with Gasteiger partial charge in [-0.3, -0.25) is 4.79 Å². The largest absolute Gasteiger partial charge is 0.492 e. The number of aliphatic hydroxyl groups is 3. The number of carbonyl (C=O) groups excluding carboxylic acids is 1. The highest BCUT2D eigenvalue weighted by Crippen LogP contribution is 2.32. The molecule has 0 saturated heterocycles. The molecule has 1 aliphatic heterocycles. The van der Waals surface area contributed by atoms with Gasteiger partial charge in [0, 0.05) is 41.9 Å². The lowest BCUT2D eigenvalue weighted by Crippen LogP contribution is -2.43. The lowest BCUT2D eigenvalue weighted by molar-refractivity contribution is -0.322. The van der Waals surface area contributed by atoms with Crippen LogP contribution in [0.5, 0.6) is 0 Å². The Kier molecular flexibility index (Phi) is 6.84. The molecule has 0 bridgehead atoms. The van der Waals surface area contributed by atoms with Crippen molar-refractivity contribution in [2.75, 3.05) is 17.7 Å². The van der Waals surface area contributed by atoms with Crippen molar-refractivity contribution >= 4 is 40.9 Å². The summed E-state index contributed by atoms with van der Waals surface area (Å²) >= 11 is 6.09. The van der Waals surface area contributed by atoms with E-state index in [-0.39, 0.29) is 33.9 Å². The number of nitrogens with one attached hydrogen (secondary N) is 5. The van der Waals surface area contributed by atoms with E-state index in [4.69, 9.17) is 21.7 Å². The Labute approximate surface area is 188 Å². The maximum Gasteiger partial charge on any atom is 0.367 e. The normalized spacial score (nSPS) is 17.3. The van der Waals surface area contributed by atoms with E-state index in [9.17, 15) is 20.1 Å². The van der Waals surface area contributed by atoms with Crippen molar-refractivity contribution in [2.45, 2.75) is 18.9 Å². The highest BCUT2D eigenvalue weighted by molar-refractivity contribution is 6.39. The third-order valence-corrected chi connectivity index (χ3v) is 4.83. The van der Waals surface area contributed by atoms with Gasteiger partial charge in [0.05, 0.1) is 23.5 Å². The molecule has 0 radical (unpaired) electrons. The van der Waals surface area contributed by atoms with E-state index in [1.807, 2.05) is 5.32 Å². The molecule has 2 aliphatic rings. The average Bonchev–Trinajstić information content (AvgIpc) is 3.57. The summed E-state index contributed by atoms with van der Waals surface area (Å²) in [6.45, 7) is 3.69. The van der Waals surface area contributed by atoms with Gasteiger partial charge in [-0.1, -0.05) is 18.2 Å². The predicted molar refractivity (Wildman–Crippen MR) is 119 cm³/mol. The maximum absolute atomic E-state index is 12.1. The van der Waals surface area contributed by atoms with Gasteiger partial charge < -0.3 is 46.7 Å². The van der Waals surface area contributed by atoms with Crippen LogP contribution in [-0.2, 0) is 9.53 Å². The zero-order valence-corrected chi connectivity index (χ0v) is 17.8. The second-order valence-corrected chi connectivity index (χ2v) is 7.44. The van der Waals surface area contributed by atoms with Gasteiger partial charge in [-0.25, -0.2) is 4.98 Å². The van der Waals surface area contributed by atoms with E-state index in [2.05, 4.69) is 27.5 Å². The van der Waals surface area contributed by atoms with Crippen molar-refractivity contribution in [1.82, 2.24) is 15.6 Å². The van der Waals surface area contributed by atoms with E-state index in [0.29, 0.717) is 22.8 Å². The molecule has 3 rings (SSSR count). The van der Waals surface area contributed by atoms with E-state index >= 15 is 0 Å².